The van der Waals surface area contributed by atoms with Crippen molar-refractivity contribution in [2.45, 2.75) is 13.8 Å². The van der Waals surface area contributed by atoms with Gasteiger partial charge in [0.05, 0.1) is 11.9 Å². The molecule has 1 heterocycles. The number of benzene rings is 4. The molecule has 0 bridgehead atoms. The Hall–Kier alpha value is -4.99. The molecule has 0 saturated heterocycles. The zero-order chi connectivity index (χ0) is 30.2. The van der Waals surface area contributed by atoms with Crippen molar-refractivity contribution in [3.05, 3.63) is 124 Å². The van der Waals surface area contributed by atoms with Crippen molar-refractivity contribution in [1.29, 1.82) is 0 Å². The van der Waals surface area contributed by atoms with Crippen LogP contribution in [0.1, 0.15) is 27.0 Å². The molecular weight excluding hydrogens is 582 g/mol. The second-order valence-electron chi connectivity index (χ2n) is 9.69. The fourth-order valence-corrected chi connectivity index (χ4v) is 4.89. The van der Waals surface area contributed by atoms with Crippen molar-refractivity contribution in [2.24, 2.45) is 5.10 Å². The van der Waals surface area contributed by atoms with Crippen LogP contribution in [0, 0.1) is 13.8 Å². The summed E-state index contributed by atoms with van der Waals surface area (Å²) in [6.45, 7) is 3.81. The van der Waals surface area contributed by atoms with Gasteiger partial charge in [-0.3, -0.25) is 9.59 Å². The number of carbonyl (C=O) groups excluding carboxylic acids is 2. The zero-order valence-electron chi connectivity index (χ0n) is 23.4. The smallest absolute Gasteiger partial charge is 0.271 e. The number of aromatic nitrogens is 1. The SMILES string of the molecule is Cc1ccc(NC(=O)COc2ccc(Cl)cc2/C=N/NC(=O)c2ccc(-c3csc(Nc4ccc(C)cc4)n3)cc2)cc1. The van der Waals surface area contributed by atoms with Crippen LogP contribution in [0.3, 0.4) is 0 Å². The summed E-state index contributed by atoms with van der Waals surface area (Å²) in [6.07, 6.45) is 1.42. The molecule has 1 aromatic heterocycles. The van der Waals surface area contributed by atoms with Crippen LogP contribution in [0.5, 0.6) is 5.75 Å². The van der Waals surface area contributed by atoms with Crippen LogP contribution in [0.4, 0.5) is 16.5 Å². The van der Waals surface area contributed by atoms with Crippen molar-refractivity contribution >= 4 is 57.5 Å². The lowest BCUT2D eigenvalue weighted by atomic mass is 10.1. The van der Waals surface area contributed by atoms with Gasteiger partial charge in [-0.25, -0.2) is 10.4 Å². The topological polar surface area (TPSA) is 105 Å². The Bertz CT molecular complexity index is 1750. The number of rotatable bonds is 10. The number of hydrogen-bond donors (Lipinski definition) is 3. The number of anilines is 3. The fraction of sp³-hybridized carbons (Fsp3) is 0.0909. The van der Waals surface area contributed by atoms with E-state index in [0.29, 0.717) is 27.6 Å². The first-order valence-electron chi connectivity index (χ1n) is 13.3. The summed E-state index contributed by atoms with van der Waals surface area (Å²) in [5.74, 6) is -0.301. The lowest BCUT2D eigenvalue weighted by Gasteiger charge is -2.10. The van der Waals surface area contributed by atoms with Crippen molar-refractivity contribution in [3.8, 4) is 17.0 Å². The van der Waals surface area contributed by atoms with E-state index in [9.17, 15) is 9.59 Å². The van der Waals surface area contributed by atoms with E-state index in [1.54, 1.807) is 30.3 Å². The van der Waals surface area contributed by atoms with Gasteiger partial charge in [0.2, 0.25) is 0 Å². The minimum atomic E-state index is -0.384. The largest absolute Gasteiger partial charge is 0.483 e. The highest BCUT2D eigenvalue weighted by molar-refractivity contribution is 7.14. The third kappa shape index (κ3) is 8.28. The van der Waals surface area contributed by atoms with Gasteiger partial charge in [0.25, 0.3) is 11.8 Å². The maximum atomic E-state index is 12.7. The Morgan fingerprint density at radius 2 is 1.58 bits per heavy atom. The average Bonchev–Trinajstić information content (AvgIpc) is 3.47. The number of hydrogen-bond acceptors (Lipinski definition) is 7. The number of nitrogens with zero attached hydrogens (tertiary/aromatic N) is 2. The molecule has 0 atom stereocenters. The van der Waals surface area contributed by atoms with Crippen LogP contribution in [0.25, 0.3) is 11.3 Å². The summed E-state index contributed by atoms with van der Waals surface area (Å²) in [7, 11) is 0. The lowest BCUT2D eigenvalue weighted by Crippen LogP contribution is -2.20. The highest BCUT2D eigenvalue weighted by Crippen LogP contribution is 2.27. The molecule has 5 rings (SSSR count). The second kappa shape index (κ2) is 13.8. The molecule has 0 fully saturated rings. The first kappa shape index (κ1) is 29.5. The van der Waals surface area contributed by atoms with Gasteiger partial charge in [-0.15, -0.1) is 11.3 Å². The monoisotopic (exact) mass is 609 g/mol. The van der Waals surface area contributed by atoms with Crippen LogP contribution in [0.2, 0.25) is 5.02 Å². The maximum Gasteiger partial charge on any atom is 0.271 e. The van der Waals surface area contributed by atoms with E-state index in [2.05, 4.69) is 26.1 Å². The number of ether oxygens (including phenoxy) is 1. The molecule has 0 aliphatic carbocycles. The Morgan fingerprint density at radius 1 is 0.907 bits per heavy atom. The Kier molecular flexibility index (Phi) is 9.46. The summed E-state index contributed by atoms with van der Waals surface area (Å²) in [5, 5.41) is 13.4. The van der Waals surface area contributed by atoms with Crippen molar-refractivity contribution in [3.63, 3.8) is 0 Å². The third-order valence-corrected chi connectivity index (χ3v) is 7.28. The van der Waals surface area contributed by atoms with Crippen molar-refractivity contribution in [2.75, 3.05) is 17.2 Å². The summed E-state index contributed by atoms with van der Waals surface area (Å²) in [6, 6.07) is 27.6. The van der Waals surface area contributed by atoms with Gasteiger partial charge in [-0.2, -0.15) is 5.10 Å². The number of carbonyl (C=O) groups is 2. The maximum absolute atomic E-state index is 12.7. The lowest BCUT2D eigenvalue weighted by molar-refractivity contribution is -0.118. The first-order valence-corrected chi connectivity index (χ1v) is 14.6. The quantitative estimate of drug-likeness (QED) is 0.112. The zero-order valence-corrected chi connectivity index (χ0v) is 25.0. The molecule has 8 nitrogen and oxygen atoms in total. The molecule has 5 aromatic rings. The van der Waals surface area contributed by atoms with Crippen molar-refractivity contribution in [1.82, 2.24) is 10.4 Å². The molecular formula is C33H28ClN5O3S. The second-order valence-corrected chi connectivity index (χ2v) is 11.0. The number of amides is 2. The molecule has 10 heteroatoms. The van der Waals surface area contributed by atoms with Gasteiger partial charge in [-0.1, -0.05) is 59.1 Å². The van der Waals surface area contributed by atoms with Crippen molar-refractivity contribution < 1.29 is 14.3 Å². The average molecular weight is 610 g/mol. The molecule has 216 valence electrons. The van der Waals surface area contributed by atoms with Gasteiger partial charge in [0, 0.05) is 38.5 Å². The molecule has 4 aromatic carbocycles. The van der Waals surface area contributed by atoms with Gasteiger partial charge in [0.15, 0.2) is 11.7 Å². The van der Waals surface area contributed by atoms with E-state index in [4.69, 9.17) is 16.3 Å². The molecule has 0 aliphatic heterocycles. The fourth-order valence-electron chi connectivity index (χ4n) is 3.97. The summed E-state index contributed by atoms with van der Waals surface area (Å²) in [4.78, 5) is 29.7. The number of nitrogens with one attached hydrogen (secondary N) is 3. The number of hydrazone groups is 1. The molecule has 0 aliphatic rings. The van der Waals surface area contributed by atoms with E-state index in [-0.39, 0.29) is 18.4 Å². The third-order valence-electron chi connectivity index (χ3n) is 6.29. The Balaban J connectivity index is 1.16. The number of thiazole rings is 1. The summed E-state index contributed by atoms with van der Waals surface area (Å²) < 4.78 is 5.70. The highest BCUT2D eigenvalue weighted by atomic mass is 35.5. The normalized spacial score (nSPS) is 10.9. The van der Waals surface area contributed by atoms with E-state index >= 15 is 0 Å². The van der Waals surface area contributed by atoms with Crippen LogP contribution in [-0.4, -0.2) is 29.6 Å². The highest BCUT2D eigenvalue weighted by Gasteiger charge is 2.10. The standard InChI is InChI=1S/C33H28ClN5O3S/c1-21-3-12-27(13-4-21)36-31(40)19-42-30-16-11-26(34)17-25(30)18-35-39-32(41)24-9-7-23(8-10-24)29-20-43-33(38-29)37-28-14-5-22(2)6-15-28/h3-18,20H,19H2,1-2H3,(H,36,40)(H,37,38)(H,39,41)/b35-18+. The molecule has 0 unspecified atom stereocenters. The molecule has 0 spiro atoms. The van der Waals surface area contributed by atoms with Crippen LogP contribution >= 0.6 is 22.9 Å². The molecule has 43 heavy (non-hydrogen) atoms. The van der Waals surface area contributed by atoms with E-state index < -0.39 is 0 Å². The molecule has 3 N–H and O–H groups in total. The van der Waals surface area contributed by atoms with Crippen LogP contribution < -0.4 is 20.8 Å². The molecule has 2 amide bonds. The summed E-state index contributed by atoms with van der Waals surface area (Å²) >= 11 is 7.67. The number of halogens is 1. The van der Waals surface area contributed by atoms with E-state index in [1.165, 1.54) is 23.1 Å². The first-order chi connectivity index (χ1) is 20.8. The van der Waals surface area contributed by atoms with Gasteiger partial charge >= 0.3 is 0 Å². The minimum Gasteiger partial charge on any atom is -0.483 e. The number of aryl methyl sites for hydroxylation is 2. The predicted molar refractivity (Wildman–Crippen MR) is 174 cm³/mol. The van der Waals surface area contributed by atoms with Gasteiger partial charge in [-0.05, 0) is 68.4 Å². The van der Waals surface area contributed by atoms with Gasteiger partial charge in [0.1, 0.15) is 5.75 Å². The Labute approximate surface area is 258 Å². The van der Waals surface area contributed by atoms with Crippen LogP contribution in [-0.2, 0) is 4.79 Å². The summed E-state index contributed by atoms with van der Waals surface area (Å²) in [5.41, 5.74) is 9.10. The minimum absolute atomic E-state index is 0.211. The molecule has 0 saturated carbocycles. The van der Waals surface area contributed by atoms with E-state index in [1.807, 2.05) is 79.9 Å². The van der Waals surface area contributed by atoms with Crippen LogP contribution in [0.15, 0.2) is 101 Å². The predicted octanol–water partition coefficient (Wildman–Crippen LogP) is 7.61. The van der Waals surface area contributed by atoms with Gasteiger partial charge < -0.3 is 15.4 Å². The molecule has 0 radical (unpaired) electrons. The van der Waals surface area contributed by atoms with E-state index in [0.717, 1.165) is 27.6 Å². The Morgan fingerprint density at radius 3 is 2.28 bits per heavy atom.